The molecule has 0 aliphatic heterocycles. The lowest BCUT2D eigenvalue weighted by Crippen LogP contribution is -2.14. The maximum atomic E-state index is 12.4. The van der Waals surface area contributed by atoms with Crippen LogP contribution in [0.1, 0.15) is 19.8 Å². The normalized spacial score (nSPS) is 10.6. The molecule has 2 aromatic carbocycles. The van der Waals surface area contributed by atoms with Crippen LogP contribution in [0.15, 0.2) is 60.3 Å². The zero-order valence-corrected chi connectivity index (χ0v) is 20.1. The standard InChI is InChI=1S/C23H24ClN5O4S/c1-3-5-13-33-18-9-6-16(7-10-18)22-26-27-23(28(22)12-4-2)34-15-21(30)25-17-8-11-19(24)20(14-17)29(31)32/h4,6-11,14H,2-3,5,12-13,15H2,1H3,(H,25,30). The van der Waals surface area contributed by atoms with E-state index in [1.54, 1.807) is 6.08 Å². The molecule has 0 bridgehead atoms. The number of rotatable bonds is 12. The molecule has 9 nitrogen and oxygen atoms in total. The van der Waals surface area contributed by atoms with Crippen LogP contribution in [-0.4, -0.2) is 38.0 Å². The highest BCUT2D eigenvalue weighted by atomic mass is 35.5. The van der Waals surface area contributed by atoms with E-state index in [1.807, 2.05) is 28.8 Å². The first kappa shape index (κ1) is 25.3. The molecular weight excluding hydrogens is 478 g/mol. The molecule has 0 radical (unpaired) electrons. The number of nitrogens with one attached hydrogen (secondary N) is 1. The number of ether oxygens (including phenoxy) is 1. The smallest absolute Gasteiger partial charge is 0.289 e. The van der Waals surface area contributed by atoms with Crippen LogP contribution in [0.4, 0.5) is 11.4 Å². The van der Waals surface area contributed by atoms with Gasteiger partial charge in [0, 0.05) is 23.9 Å². The van der Waals surface area contributed by atoms with Crippen LogP contribution < -0.4 is 10.1 Å². The highest BCUT2D eigenvalue weighted by Crippen LogP contribution is 2.28. The van der Waals surface area contributed by atoms with Crippen LogP contribution in [0.5, 0.6) is 5.75 Å². The number of aromatic nitrogens is 3. The van der Waals surface area contributed by atoms with Crippen molar-refractivity contribution in [3.63, 3.8) is 0 Å². The Morgan fingerprint density at radius 3 is 2.74 bits per heavy atom. The number of carbonyl (C=O) groups excluding carboxylic acids is 1. The summed E-state index contributed by atoms with van der Waals surface area (Å²) >= 11 is 7.02. The largest absolute Gasteiger partial charge is 0.494 e. The molecule has 1 aromatic heterocycles. The third-order valence-electron chi connectivity index (χ3n) is 4.67. The molecule has 1 amide bonds. The third-order valence-corrected chi connectivity index (χ3v) is 5.95. The van der Waals surface area contributed by atoms with Gasteiger partial charge in [-0.15, -0.1) is 16.8 Å². The Labute approximate surface area is 206 Å². The lowest BCUT2D eigenvalue weighted by Gasteiger charge is -2.09. The molecule has 1 N–H and O–H groups in total. The highest BCUT2D eigenvalue weighted by molar-refractivity contribution is 7.99. The van der Waals surface area contributed by atoms with Gasteiger partial charge in [-0.25, -0.2) is 0 Å². The Bertz CT molecular complexity index is 1170. The van der Waals surface area contributed by atoms with E-state index in [-0.39, 0.29) is 28.1 Å². The Hall–Kier alpha value is -3.37. The summed E-state index contributed by atoms with van der Waals surface area (Å²) in [4.78, 5) is 22.9. The molecule has 34 heavy (non-hydrogen) atoms. The van der Waals surface area contributed by atoms with Gasteiger partial charge < -0.3 is 10.1 Å². The minimum Gasteiger partial charge on any atom is -0.494 e. The van der Waals surface area contributed by atoms with E-state index in [1.165, 1.54) is 30.0 Å². The summed E-state index contributed by atoms with van der Waals surface area (Å²) in [6.07, 6.45) is 3.80. The number of unbranched alkanes of at least 4 members (excludes halogenated alkanes) is 1. The van der Waals surface area contributed by atoms with Crippen molar-refractivity contribution in [1.29, 1.82) is 0 Å². The van der Waals surface area contributed by atoms with Crippen LogP contribution in [0.25, 0.3) is 11.4 Å². The molecule has 0 saturated carbocycles. The first-order valence-corrected chi connectivity index (χ1v) is 11.9. The van der Waals surface area contributed by atoms with Crippen LogP contribution in [0, 0.1) is 10.1 Å². The number of amides is 1. The number of halogens is 1. The molecule has 11 heteroatoms. The van der Waals surface area contributed by atoms with Crippen LogP contribution >= 0.6 is 23.4 Å². The maximum absolute atomic E-state index is 12.4. The van der Waals surface area contributed by atoms with Gasteiger partial charge in [0.2, 0.25) is 5.91 Å². The lowest BCUT2D eigenvalue weighted by atomic mass is 10.2. The molecule has 1 heterocycles. The lowest BCUT2D eigenvalue weighted by molar-refractivity contribution is -0.384. The van der Waals surface area contributed by atoms with E-state index >= 15 is 0 Å². The van der Waals surface area contributed by atoms with Crippen molar-refractivity contribution in [2.45, 2.75) is 31.5 Å². The Kier molecular flexibility index (Phi) is 9.06. The maximum Gasteiger partial charge on any atom is 0.289 e. The predicted octanol–water partition coefficient (Wildman–Crippen LogP) is 5.60. The van der Waals surface area contributed by atoms with Crippen molar-refractivity contribution in [2.75, 3.05) is 17.7 Å². The van der Waals surface area contributed by atoms with E-state index < -0.39 is 4.92 Å². The Morgan fingerprint density at radius 1 is 1.29 bits per heavy atom. The van der Waals surface area contributed by atoms with E-state index in [4.69, 9.17) is 16.3 Å². The highest BCUT2D eigenvalue weighted by Gasteiger charge is 2.17. The summed E-state index contributed by atoms with van der Waals surface area (Å²) < 4.78 is 7.57. The fourth-order valence-electron chi connectivity index (χ4n) is 2.99. The number of hydrogen-bond acceptors (Lipinski definition) is 7. The summed E-state index contributed by atoms with van der Waals surface area (Å²) in [5, 5.41) is 22.8. The van der Waals surface area contributed by atoms with E-state index in [2.05, 4.69) is 29.0 Å². The second kappa shape index (κ2) is 12.2. The number of nitro groups is 1. The zero-order chi connectivity index (χ0) is 24.5. The van der Waals surface area contributed by atoms with Crippen LogP contribution in [0.2, 0.25) is 5.02 Å². The molecular formula is C23H24ClN5O4S. The van der Waals surface area contributed by atoms with Gasteiger partial charge in [-0.2, -0.15) is 0 Å². The molecule has 3 rings (SSSR count). The molecule has 0 saturated heterocycles. The summed E-state index contributed by atoms with van der Waals surface area (Å²) in [7, 11) is 0. The van der Waals surface area contributed by atoms with Gasteiger partial charge in [-0.1, -0.05) is 42.8 Å². The predicted molar refractivity (Wildman–Crippen MR) is 134 cm³/mol. The molecule has 0 fully saturated rings. The van der Waals surface area contributed by atoms with Crippen molar-refractivity contribution >= 4 is 40.6 Å². The van der Waals surface area contributed by atoms with Crippen molar-refractivity contribution in [2.24, 2.45) is 0 Å². The van der Waals surface area contributed by atoms with Gasteiger partial charge in [0.05, 0.1) is 17.3 Å². The number of nitro benzene ring substituents is 1. The molecule has 0 atom stereocenters. The molecule has 0 aliphatic rings. The molecule has 0 unspecified atom stereocenters. The Balaban J connectivity index is 1.67. The average molecular weight is 502 g/mol. The number of benzene rings is 2. The number of allylic oxidation sites excluding steroid dienone is 1. The second-order valence-corrected chi connectivity index (χ2v) is 8.54. The molecule has 0 aliphatic carbocycles. The molecule has 0 spiro atoms. The minimum atomic E-state index is -0.601. The first-order valence-electron chi connectivity index (χ1n) is 10.6. The quantitative estimate of drug-likeness (QED) is 0.113. The summed E-state index contributed by atoms with van der Waals surface area (Å²) in [6, 6.07) is 11.7. The van der Waals surface area contributed by atoms with Gasteiger partial charge in [0.15, 0.2) is 11.0 Å². The van der Waals surface area contributed by atoms with Gasteiger partial charge in [-0.05, 0) is 42.8 Å². The second-order valence-electron chi connectivity index (χ2n) is 7.19. The number of carbonyl (C=O) groups is 1. The third kappa shape index (κ3) is 6.58. The van der Waals surface area contributed by atoms with E-state index in [0.29, 0.717) is 24.1 Å². The topological polar surface area (TPSA) is 112 Å². The summed E-state index contributed by atoms with van der Waals surface area (Å²) in [5.41, 5.74) is 0.877. The van der Waals surface area contributed by atoms with Crippen molar-refractivity contribution in [3.8, 4) is 17.1 Å². The summed E-state index contributed by atoms with van der Waals surface area (Å²) in [5.74, 6) is 1.14. The van der Waals surface area contributed by atoms with Gasteiger partial charge in [-0.3, -0.25) is 19.5 Å². The number of nitrogens with zero attached hydrogens (tertiary/aromatic N) is 4. The van der Waals surface area contributed by atoms with Gasteiger partial charge in [0.25, 0.3) is 5.69 Å². The Morgan fingerprint density at radius 2 is 2.06 bits per heavy atom. The van der Waals surface area contributed by atoms with Gasteiger partial charge >= 0.3 is 0 Å². The number of hydrogen-bond donors (Lipinski definition) is 1. The monoisotopic (exact) mass is 501 g/mol. The average Bonchev–Trinajstić information content (AvgIpc) is 3.22. The van der Waals surface area contributed by atoms with Gasteiger partial charge in [0.1, 0.15) is 10.8 Å². The van der Waals surface area contributed by atoms with E-state index in [9.17, 15) is 14.9 Å². The van der Waals surface area contributed by atoms with Crippen molar-refractivity contribution < 1.29 is 14.5 Å². The van der Waals surface area contributed by atoms with Crippen molar-refractivity contribution in [3.05, 3.63) is 70.3 Å². The SMILES string of the molecule is C=CCn1c(SCC(=O)Nc2ccc(Cl)c([N+](=O)[O-])c2)nnc1-c1ccc(OCCCC)cc1. The number of thioether (sulfide) groups is 1. The van der Waals surface area contributed by atoms with Crippen LogP contribution in [0.3, 0.4) is 0 Å². The fourth-order valence-corrected chi connectivity index (χ4v) is 3.93. The minimum absolute atomic E-state index is 0.00276. The fraction of sp³-hybridized carbons (Fsp3) is 0.261. The van der Waals surface area contributed by atoms with Crippen molar-refractivity contribution in [1.82, 2.24) is 14.8 Å². The number of anilines is 1. The first-order chi connectivity index (χ1) is 16.4. The zero-order valence-electron chi connectivity index (χ0n) is 18.6. The molecule has 178 valence electrons. The van der Waals surface area contributed by atoms with Crippen LogP contribution in [-0.2, 0) is 11.3 Å². The molecule has 3 aromatic rings. The van der Waals surface area contributed by atoms with E-state index in [0.717, 1.165) is 24.2 Å². The summed E-state index contributed by atoms with van der Waals surface area (Å²) in [6.45, 7) is 7.05.